The predicted octanol–water partition coefficient (Wildman–Crippen LogP) is 2.01. The molecule has 0 atom stereocenters. The summed E-state index contributed by atoms with van der Waals surface area (Å²) in [4.78, 5) is 29.7. The van der Waals surface area contributed by atoms with Crippen molar-refractivity contribution in [2.24, 2.45) is 0 Å². The van der Waals surface area contributed by atoms with E-state index in [0.717, 1.165) is 47.6 Å². The van der Waals surface area contributed by atoms with E-state index in [1.165, 1.54) is 0 Å². The van der Waals surface area contributed by atoms with E-state index >= 15 is 0 Å². The van der Waals surface area contributed by atoms with Crippen molar-refractivity contribution in [2.75, 3.05) is 37.7 Å². The smallest absolute Gasteiger partial charge is 0.325 e. The van der Waals surface area contributed by atoms with Crippen LogP contribution in [0.15, 0.2) is 24.4 Å². The molecule has 0 aliphatic carbocycles. The molecule has 1 aliphatic rings. The molecule has 6 nitrogen and oxygen atoms in total. The summed E-state index contributed by atoms with van der Waals surface area (Å²) in [6, 6.07) is 5.61. The summed E-state index contributed by atoms with van der Waals surface area (Å²) in [6.07, 6.45) is 1.98. The van der Waals surface area contributed by atoms with Gasteiger partial charge in [0.2, 0.25) is 0 Å². The molecular formula is C18H23N3O3S. The largest absolute Gasteiger partial charge is 0.465 e. The molecule has 7 heteroatoms. The number of aromatic amines is 1. The zero-order valence-corrected chi connectivity index (χ0v) is 15.2. The van der Waals surface area contributed by atoms with Crippen LogP contribution in [0.2, 0.25) is 0 Å². The van der Waals surface area contributed by atoms with Crippen LogP contribution in [0.1, 0.15) is 22.8 Å². The topological polar surface area (TPSA) is 74.4 Å². The van der Waals surface area contributed by atoms with Crippen LogP contribution in [-0.2, 0) is 16.1 Å². The zero-order valence-electron chi connectivity index (χ0n) is 14.3. The van der Waals surface area contributed by atoms with Crippen molar-refractivity contribution in [2.45, 2.75) is 13.5 Å². The summed E-state index contributed by atoms with van der Waals surface area (Å²) < 4.78 is 4.86. The standard InChI is InChI=1S/C18H23N3O3S/c1-2-24-16(22)11-20-18(23)14-4-3-5-15-17(14)13(10-19-15)12-21-6-8-25-9-7-21/h3-5,10,19H,2,6-9,11-12H2,1H3,(H,20,23). The number of carbonyl (C=O) groups excluding carboxylic acids is 2. The number of nitrogens with zero attached hydrogens (tertiary/aromatic N) is 1. The number of fused-ring (bicyclic) bond motifs is 1. The molecule has 1 fully saturated rings. The Morgan fingerprint density at radius 3 is 2.88 bits per heavy atom. The van der Waals surface area contributed by atoms with Crippen LogP contribution in [0, 0.1) is 0 Å². The van der Waals surface area contributed by atoms with Crippen molar-refractivity contribution in [1.29, 1.82) is 0 Å². The Bertz CT molecular complexity index is 753. The maximum absolute atomic E-state index is 12.6. The Balaban J connectivity index is 1.78. The van der Waals surface area contributed by atoms with Crippen LogP contribution in [-0.4, -0.2) is 59.5 Å². The molecule has 0 spiro atoms. The maximum Gasteiger partial charge on any atom is 0.325 e. The van der Waals surface area contributed by atoms with Gasteiger partial charge in [-0.15, -0.1) is 0 Å². The highest BCUT2D eigenvalue weighted by Crippen LogP contribution is 2.25. The average Bonchev–Trinajstić information content (AvgIpc) is 3.04. The third kappa shape index (κ3) is 4.35. The van der Waals surface area contributed by atoms with Gasteiger partial charge in [-0.1, -0.05) is 6.07 Å². The van der Waals surface area contributed by atoms with Crippen LogP contribution >= 0.6 is 11.8 Å². The second-order valence-electron chi connectivity index (χ2n) is 5.92. The Morgan fingerprint density at radius 1 is 1.32 bits per heavy atom. The van der Waals surface area contributed by atoms with E-state index < -0.39 is 5.97 Å². The maximum atomic E-state index is 12.6. The first-order valence-corrected chi connectivity index (χ1v) is 9.67. The number of rotatable bonds is 6. The minimum atomic E-state index is -0.428. The number of hydrogen-bond acceptors (Lipinski definition) is 5. The van der Waals surface area contributed by atoms with Gasteiger partial charge in [0, 0.05) is 53.8 Å². The van der Waals surface area contributed by atoms with Gasteiger partial charge < -0.3 is 15.0 Å². The van der Waals surface area contributed by atoms with Crippen LogP contribution in [0.25, 0.3) is 10.9 Å². The number of nitrogens with one attached hydrogen (secondary N) is 2. The fraction of sp³-hybridized carbons (Fsp3) is 0.444. The number of thioether (sulfide) groups is 1. The summed E-state index contributed by atoms with van der Waals surface area (Å²) in [6.45, 7) is 4.88. The van der Waals surface area contributed by atoms with Gasteiger partial charge in [0.1, 0.15) is 6.54 Å². The first kappa shape index (κ1) is 17.8. The van der Waals surface area contributed by atoms with E-state index in [1.54, 1.807) is 13.0 Å². The molecule has 0 bridgehead atoms. The van der Waals surface area contributed by atoms with Crippen molar-refractivity contribution in [3.8, 4) is 0 Å². The fourth-order valence-electron chi connectivity index (χ4n) is 3.03. The van der Waals surface area contributed by atoms with Crippen molar-refractivity contribution in [3.05, 3.63) is 35.5 Å². The average molecular weight is 361 g/mol. The molecule has 1 aromatic carbocycles. The Morgan fingerprint density at radius 2 is 2.12 bits per heavy atom. The number of aromatic nitrogens is 1. The molecule has 1 aromatic heterocycles. The molecule has 1 amide bonds. The highest BCUT2D eigenvalue weighted by molar-refractivity contribution is 7.99. The molecule has 2 aromatic rings. The molecule has 0 saturated carbocycles. The number of esters is 1. The summed E-state index contributed by atoms with van der Waals surface area (Å²) in [7, 11) is 0. The molecule has 3 rings (SSSR count). The number of ether oxygens (including phenoxy) is 1. The van der Waals surface area contributed by atoms with Gasteiger partial charge in [0.15, 0.2) is 0 Å². The van der Waals surface area contributed by atoms with Crippen LogP contribution in [0.3, 0.4) is 0 Å². The lowest BCUT2D eigenvalue weighted by atomic mass is 10.0. The number of amides is 1. The monoisotopic (exact) mass is 361 g/mol. The quantitative estimate of drug-likeness (QED) is 0.770. The van der Waals surface area contributed by atoms with Crippen LogP contribution < -0.4 is 5.32 Å². The lowest BCUT2D eigenvalue weighted by Crippen LogP contribution is -2.32. The zero-order chi connectivity index (χ0) is 17.6. The van der Waals surface area contributed by atoms with Gasteiger partial charge in [-0.25, -0.2) is 0 Å². The molecular weight excluding hydrogens is 338 g/mol. The van der Waals surface area contributed by atoms with E-state index in [1.807, 2.05) is 30.1 Å². The molecule has 1 saturated heterocycles. The van der Waals surface area contributed by atoms with Gasteiger partial charge in [0.25, 0.3) is 5.91 Å². The number of H-pyrrole nitrogens is 1. The van der Waals surface area contributed by atoms with Gasteiger partial charge in [-0.2, -0.15) is 11.8 Å². The Hall–Kier alpha value is -1.99. The molecule has 2 heterocycles. The van der Waals surface area contributed by atoms with Crippen LogP contribution in [0.5, 0.6) is 0 Å². The molecule has 2 N–H and O–H groups in total. The van der Waals surface area contributed by atoms with Crippen molar-refractivity contribution in [1.82, 2.24) is 15.2 Å². The first-order chi connectivity index (χ1) is 12.2. The van der Waals surface area contributed by atoms with E-state index in [9.17, 15) is 9.59 Å². The third-order valence-corrected chi connectivity index (χ3v) is 5.17. The van der Waals surface area contributed by atoms with E-state index in [4.69, 9.17) is 4.74 Å². The van der Waals surface area contributed by atoms with Gasteiger partial charge in [-0.05, 0) is 24.6 Å². The highest BCUT2D eigenvalue weighted by Gasteiger charge is 2.18. The second-order valence-corrected chi connectivity index (χ2v) is 7.14. The van der Waals surface area contributed by atoms with Gasteiger partial charge in [0.05, 0.1) is 6.61 Å². The van der Waals surface area contributed by atoms with Gasteiger partial charge in [-0.3, -0.25) is 14.5 Å². The number of hydrogen-bond donors (Lipinski definition) is 2. The highest BCUT2D eigenvalue weighted by atomic mass is 32.2. The lowest BCUT2D eigenvalue weighted by Gasteiger charge is -2.26. The summed E-state index contributed by atoms with van der Waals surface area (Å²) >= 11 is 1.98. The second kappa shape index (κ2) is 8.40. The summed E-state index contributed by atoms with van der Waals surface area (Å²) in [5.74, 6) is 1.61. The van der Waals surface area contributed by atoms with Crippen LogP contribution in [0.4, 0.5) is 0 Å². The lowest BCUT2D eigenvalue weighted by molar-refractivity contribution is -0.141. The predicted molar refractivity (Wildman–Crippen MR) is 99.9 cm³/mol. The molecule has 25 heavy (non-hydrogen) atoms. The summed E-state index contributed by atoms with van der Waals surface area (Å²) in [5, 5.41) is 3.58. The van der Waals surface area contributed by atoms with Crippen molar-refractivity contribution < 1.29 is 14.3 Å². The Kier molecular flexibility index (Phi) is 5.99. The van der Waals surface area contributed by atoms with E-state index in [-0.39, 0.29) is 12.5 Å². The minimum Gasteiger partial charge on any atom is -0.465 e. The number of carbonyl (C=O) groups is 2. The molecule has 0 radical (unpaired) electrons. The van der Waals surface area contributed by atoms with Crippen molar-refractivity contribution >= 4 is 34.5 Å². The van der Waals surface area contributed by atoms with E-state index in [0.29, 0.717) is 12.2 Å². The van der Waals surface area contributed by atoms with E-state index in [2.05, 4.69) is 15.2 Å². The van der Waals surface area contributed by atoms with Crippen molar-refractivity contribution in [3.63, 3.8) is 0 Å². The first-order valence-electron chi connectivity index (χ1n) is 8.52. The minimum absolute atomic E-state index is 0.119. The molecule has 0 unspecified atom stereocenters. The summed E-state index contributed by atoms with van der Waals surface area (Å²) in [5.41, 5.74) is 2.64. The Labute approximate surface area is 151 Å². The fourth-order valence-corrected chi connectivity index (χ4v) is 4.01. The molecule has 1 aliphatic heterocycles. The third-order valence-electron chi connectivity index (χ3n) is 4.23. The van der Waals surface area contributed by atoms with Gasteiger partial charge >= 0.3 is 5.97 Å². The normalized spacial score (nSPS) is 15.2. The number of benzene rings is 1. The molecule has 134 valence electrons. The SMILES string of the molecule is CCOC(=O)CNC(=O)c1cccc2[nH]cc(CN3CCSCC3)c12.